The number of carbonyl (C=O) groups is 1. The molecule has 1 amide bonds. The van der Waals surface area contributed by atoms with Gasteiger partial charge in [0.05, 0.1) is 12.2 Å². The van der Waals surface area contributed by atoms with Crippen LogP contribution in [-0.4, -0.2) is 38.0 Å². The van der Waals surface area contributed by atoms with E-state index >= 15 is 0 Å². The van der Waals surface area contributed by atoms with E-state index in [0.29, 0.717) is 6.54 Å². The molecule has 1 fully saturated rings. The summed E-state index contributed by atoms with van der Waals surface area (Å²) in [5.74, 6) is -0.386. The van der Waals surface area contributed by atoms with Crippen molar-refractivity contribution >= 4 is 21.6 Å². The zero-order valence-electron chi connectivity index (χ0n) is 11.8. The first-order valence-corrected chi connectivity index (χ1v) is 8.54. The molecule has 1 aromatic rings. The van der Waals surface area contributed by atoms with Gasteiger partial charge in [-0.15, -0.1) is 0 Å². The van der Waals surface area contributed by atoms with Crippen LogP contribution in [0.3, 0.4) is 0 Å². The van der Waals surface area contributed by atoms with Crippen LogP contribution in [0.25, 0.3) is 0 Å². The van der Waals surface area contributed by atoms with Crippen LogP contribution in [0.2, 0.25) is 0 Å². The van der Waals surface area contributed by atoms with Gasteiger partial charge < -0.3 is 5.32 Å². The number of aryl methyl sites for hydroxylation is 1. The standard InChI is InChI=1S/C14H20N2O3S/c1-11-5-3-7-13(9-11)15-14(17)12-6-4-8-16(10-12)20(2,18)19/h3,5,7,9,12H,4,6,8,10H2,1-2H3,(H,15,17)/t12-/m0/s1. The third kappa shape index (κ3) is 3.80. The van der Waals surface area contributed by atoms with Crippen LogP contribution >= 0.6 is 0 Å². The zero-order valence-corrected chi connectivity index (χ0v) is 12.6. The lowest BCUT2D eigenvalue weighted by molar-refractivity contribution is -0.120. The van der Waals surface area contributed by atoms with E-state index in [2.05, 4.69) is 5.32 Å². The van der Waals surface area contributed by atoms with Crippen molar-refractivity contribution in [3.63, 3.8) is 0 Å². The van der Waals surface area contributed by atoms with Crippen molar-refractivity contribution in [2.45, 2.75) is 19.8 Å². The Balaban J connectivity index is 2.02. The topological polar surface area (TPSA) is 66.5 Å². The van der Waals surface area contributed by atoms with Crippen LogP contribution in [0.1, 0.15) is 18.4 Å². The summed E-state index contributed by atoms with van der Waals surface area (Å²) in [6.45, 7) is 2.74. The molecule has 0 spiro atoms. The lowest BCUT2D eigenvalue weighted by Crippen LogP contribution is -2.43. The molecule has 0 unspecified atom stereocenters. The van der Waals surface area contributed by atoms with E-state index in [9.17, 15) is 13.2 Å². The molecule has 0 aliphatic carbocycles. The van der Waals surface area contributed by atoms with E-state index in [-0.39, 0.29) is 18.4 Å². The number of nitrogens with one attached hydrogen (secondary N) is 1. The Morgan fingerprint density at radius 1 is 1.40 bits per heavy atom. The number of carbonyl (C=O) groups excluding carboxylic acids is 1. The molecule has 110 valence electrons. The van der Waals surface area contributed by atoms with E-state index in [1.807, 2.05) is 31.2 Å². The number of rotatable bonds is 3. The Labute approximate surface area is 120 Å². The Hall–Kier alpha value is -1.40. The SMILES string of the molecule is Cc1cccc(NC(=O)[C@H]2CCCN(S(C)(=O)=O)C2)c1. The number of sulfonamides is 1. The van der Waals surface area contributed by atoms with Gasteiger partial charge in [0.1, 0.15) is 0 Å². The van der Waals surface area contributed by atoms with Gasteiger partial charge in [0, 0.05) is 18.8 Å². The fourth-order valence-electron chi connectivity index (χ4n) is 2.42. The Morgan fingerprint density at radius 2 is 2.15 bits per heavy atom. The van der Waals surface area contributed by atoms with E-state index < -0.39 is 10.0 Å². The largest absolute Gasteiger partial charge is 0.326 e. The first kappa shape index (κ1) is 15.0. The van der Waals surface area contributed by atoms with Crippen molar-refractivity contribution in [1.82, 2.24) is 4.31 Å². The van der Waals surface area contributed by atoms with Gasteiger partial charge in [0.2, 0.25) is 15.9 Å². The lowest BCUT2D eigenvalue weighted by atomic mass is 9.98. The molecule has 1 aliphatic heterocycles. The van der Waals surface area contributed by atoms with Crippen LogP contribution in [0.15, 0.2) is 24.3 Å². The third-order valence-corrected chi connectivity index (χ3v) is 4.78. The average molecular weight is 296 g/mol. The number of hydrogen-bond acceptors (Lipinski definition) is 3. The molecule has 2 rings (SSSR count). The van der Waals surface area contributed by atoms with Gasteiger partial charge in [-0.25, -0.2) is 12.7 Å². The molecule has 20 heavy (non-hydrogen) atoms. The van der Waals surface area contributed by atoms with Crippen molar-refractivity contribution < 1.29 is 13.2 Å². The van der Waals surface area contributed by atoms with Crippen molar-refractivity contribution in [1.29, 1.82) is 0 Å². The molecule has 1 aliphatic rings. The monoisotopic (exact) mass is 296 g/mol. The number of piperidine rings is 1. The van der Waals surface area contributed by atoms with Gasteiger partial charge in [-0.1, -0.05) is 12.1 Å². The number of nitrogens with zero attached hydrogens (tertiary/aromatic N) is 1. The molecule has 6 heteroatoms. The quantitative estimate of drug-likeness (QED) is 0.921. The summed E-state index contributed by atoms with van der Waals surface area (Å²) in [7, 11) is -3.22. The van der Waals surface area contributed by atoms with E-state index in [0.717, 1.165) is 24.1 Å². The predicted molar refractivity (Wildman–Crippen MR) is 78.9 cm³/mol. The second kappa shape index (κ2) is 5.93. The molecule has 0 aromatic heterocycles. The maximum atomic E-state index is 12.2. The third-order valence-electron chi connectivity index (χ3n) is 3.51. The minimum Gasteiger partial charge on any atom is -0.326 e. The first-order valence-electron chi connectivity index (χ1n) is 6.69. The molecule has 1 saturated heterocycles. The summed E-state index contributed by atoms with van der Waals surface area (Å²) in [4.78, 5) is 12.2. The summed E-state index contributed by atoms with van der Waals surface area (Å²) in [5, 5.41) is 2.86. The second-order valence-corrected chi connectivity index (χ2v) is 7.30. The van der Waals surface area contributed by atoms with E-state index in [1.54, 1.807) is 0 Å². The summed E-state index contributed by atoms with van der Waals surface area (Å²) >= 11 is 0. The highest BCUT2D eigenvalue weighted by Crippen LogP contribution is 2.20. The van der Waals surface area contributed by atoms with Crippen molar-refractivity contribution in [3.05, 3.63) is 29.8 Å². The molecule has 0 saturated carbocycles. The number of amides is 1. The minimum atomic E-state index is -3.22. The predicted octanol–water partition coefficient (Wildman–Crippen LogP) is 1.61. The van der Waals surface area contributed by atoms with Crippen LogP contribution in [-0.2, 0) is 14.8 Å². The van der Waals surface area contributed by atoms with Gasteiger partial charge in [-0.05, 0) is 37.5 Å². The molecule has 0 radical (unpaired) electrons. The Bertz CT molecular complexity index is 598. The number of benzene rings is 1. The summed E-state index contributed by atoms with van der Waals surface area (Å²) in [5.41, 5.74) is 1.83. The van der Waals surface area contributed by atoms with Crippen LogP contribution in [0.4, 0.5) is 5.69 Å². The molecule has 1 aromatic carbocycles. The fraction of sp³-hybridized carbons (Fsp3) is 0.500. The van der Waals surface area contributed by atoms with Gasteiger partial charge in [0.25, 0.3) is 0 Å². The number of hydrogen-bond donors (Lipinski definition) is 1. The van der Waals surface area contributed by atoms with Crippen LogP contribution < -0.4 is 5.32 Å². The van der Waals surface area contributed by atoms with Crippen molar-refractivity contribution in [2.24, 2.45) is 5.92 Å². The van der Waals surface area contributed by atoms with Crippen LogP contribution in [0.5, 0.6) is 0 Å². The number of anilines is 1. The molecule has 5 nitrogen and oxygen atoms in total. The molecule has 1 atom stereocenters. The normalized spacial score (nSPS) is 20.6. The smallest absolute Gasteiger partial charge is 0.228 e. The summed E-state index contributed by atoms with van der Waals surface area (Å²) in [6.07, 6.45) is 2.64. The van der Waals surface area contributed by atoms with Gasteiger partial charge in [-0.3, -0.25) is 4.79 Å². The summed E-state index contributed by atoms with van der Waals surface area (Å²) in [6, 6.07) is 7.58. The van der Waals surface area contributed by atoms with Gasteiger partial charge in [0.15, 0.2) is 0 Å². The molecular formula is C14H20N2O3S. The van der Waals surface area contributed by atoms with Gasteiger partial charge in [-0.2, -0.15) is 0 Å². The molecular weight excluding hydrogens is 276 g/mol. The lowest BCUT2D eigenvalue weighted by Gasteiger charge is -2.30. The minimum absolute atomic E-state index is 0.107. The molecule has 0 bridgehead atoms. The zero-order chi connectivity index (χ0) is 14.8. The average Bonchev–Trinajstić information content (AvgIpc) is 2.38. The van der Waals surface area contributed by atoms with Gasteiger partial charge >= 0.3 is 0 Å². The molecule has 1 heterocycles. The fourth-order valence-corrected chi connectivity index (χ4v) is 3.34. The highest BCUT2D eigenvalue weighted by Gasteiger charge is 2.30. The first-order chi connectivity index (χ1) is 9.36. The highest BCUT2D eigenvalue weighted by molar-refractivity contribution is 7.88. The summed E-state index contributed by atoms with van der Waals surface area (Å²) < 4.78 is 24.5. The Kier molecular flexibility index (Phi) is 4.45. The van der Waals surface area contributed by atoms with Crippen molar-refractivity contribution in [3.8, 4) is 0 Å². The maximum Gasteiger partial charge on any atom is 0.228 e. The maximum absolute atomic E-state index is 12.2. The van der Waals surface area contributed by atoms with Crippen LogP contribution in [0, 0.1) is 12.8 Å². The Morgan fingerprint density at radius 3 is 2.80 bits per heavy atom. The van der Waals surface area contributed by atoms with E-state index in [4.69, 9.17) is 0 Å². The second-order valence-electron chi connectivity index (χ2n) is 5.32. The van der Waals surface area contributed by atoms with E-state index in [1.165, 1.54) is 10.6 Å². The van der Waals surface area contributed by atoms with Crippen molar-refractivity contribution in [2.75, 3.05) is 24.7 Å². The molecule has 1 N–H and O–H groups in total. The highest BCUT2D eigenvalue weighted by atomic mass is 32.2.